The third-order valence-electron chi connectivity index (χ3n) is 7.57. The second-order valence-corrected chi connectivity index (χ2v) is 11.1. The average molecular weight is 525 g/mol. The van der Waals surface area contributed by atoms with Gasteiger partial charge in [-0.3, -0.25) is 9.78 Å². The first-order chi connectivity index (χ1) is 17.9. The van der Waals surface area contributed by atoms with Crippen LogP contribution in [-0.4, -0.2) is 53.5 Å². The molecule has 37 heavy (non-hydrogen) atoms. The van der Waals surface area contributed by atoms with Crippen LogP contribution in [0.1, 0.15) is 49.4 Å². The first-order valence-corrected chi connectivity index (χ1v) is 14.1. The van der Waals surface area contributed by atoms with Gasteiger partial charge in [0.1, 0.15) is 11.9 Å². The van der Waals surface area contributed by atoms with Crippen molar-refractivity contribution < 1.29 is 19.0 Å². The van der Waals surface area contributed by atoms with Crippen molar-refractivity contribution in [2.24, 2.45) is 11.8 Å². The maximum atomic E-state index is 15.6. The highest BCUT2D eigenvalue weighted by Gasteiger charge is 2.30. The molecule has 1 aromatic heterocycles. The van der Waals surface area contributed by atoms with Crippen molar-refractivity contribution >= 4 is 28.6 Å². The number of thioether (sulfide) groups is 1. The number of likely N-dealkylation sites (tertiary alicyclic amines) is 1. The van der Waals surface area contributed by atoms with E-state index < -0.39 is 12.1 Å². The zero-order valence-electron chi connectivity index (χ0n) is 21.7. The van der Waals surface area contributed by atoms with Gasteiger partial charge in [0.15, 0.2) is 0 Å². The van der Waals surface area contributed by atoms with Gasteiger partial charge in [0.2, 0.25) is 0 Å². The molecule has 1 fully saturated rings. The molecule has 0 radical (unpaired) electrons. The number of benzene rings is 2. The third-order valence-corrected chi connectivity index (χ3v) is 8.73. The predicted octanol–water partition coefficient (Wildman–Crippen LogP) is 6.94. The fraction of sp³-hybridized carbons (Fsp3) is 0.467. The van der Waals surface area contributed by atoms with Gasteiger partial charge in [-0.05, 0) is 92.4 Å². The van der Waals surface area contributed by atoms with Crippen LogP contribution in [0.2, 0.25) is 0 Å². The van der Waals surface area contributed by atoms with Crippen molar-refractivity contribution in [1.29, 1.82) is 0 Å². The topological polar surface area (TPSA) is 62.7 Å². The van der Waals surface area contributed by atoms with Gasteiger partial charge in [-0.25, -0.2) is 4.39 Å². The number of carboxylic acids is 1. The molecule has 198 valence electrons. The van der Waals surface area contributed by atoms with E-state index in [4.69, 9.17) is 4.74 Å². The Morgan fingerprint density at radius 2 is 2.05 bits per heavy atom. The third kappa shape index (κ3) is 7.45. The SMILES string of the molecule is COc1ccc2nccc(C(F)CC[C@@H]3CCN(CCSc4ccccc4C)C[C@@H]3CCC(=O)O)c2c1. The summed E-state index contributed by atoms with van der Waals surface area (Å²) in [6.07, 6.45) is 3.55. The molecule has 0 aliphatic carbocycles. The maximum absolute atomic E-state index is 15.6. The van der Waals surface area contributed by atoms with E-state index in [2.05, 4.69) is 41.1 Å². The summed E-state index contributed by atoms with van der Waals surface area (Å²) in [6.45, 7) is 4.98. The minimum absolute atomic E-state index is 0.167. The Morgan fingerprint density at radius 3 is 2.84 bits per heavy atom. The fourth-order valence-corrected chi connectivity index (χ4v) is 6.48. The van der Waals surface area contributed by atoms with Crippen molar-refractivity contribution in [3.05, 3.63) is 65.9 Å². The van der Waals surface area contributed by atoms with E-state index in [0.29, 0.717) is 30.1 Å². The van der Waals surface area contributed by atoms with Gasteiger partial charge in [-0.15, -0.1) is 11.8 Å². The highest BCUT2D eigenvalue weighted by atomic mass is 32.2. The molecule has 1 N–H and O–H groups in total. The monoisotopic (exact) mass is 524 g/mol. The van der Waals surface area contributed by atoms with Crippen LogP contribution in [0.3, 0.4) is 0 Å². The number of aliphatic carboxylic acids is 1. The van der Waals surface area contributed by atoms with Crippen LogP contribution in [0.5, 0.6) is 5.75 Å². The average Bonchev–Trinajstić information content (AvgIpc) is 2.91. The highest BCUT2D eigenvalue weighted by molar-refractivity contribution is 7.99. The minimum Gasteiger partial charge on any atom is -0.497 e. The van der Waals surface area contributed by atoms with E-state index in [0.717, 1.165) is 49.1 Å². The molecule has 2 aromatic carbocycles. The van der Waals surface area contributed by atoms with E-state index in [-0.39, 0.29) is 12.3 Å². The number of alkyl halides is 1. The summed E-state index contributed by atoms with van der Waals surface area (Å²) in [4.78, 5) is 19.5. The molecule has 1 unspecified atom stereocenters. The number of carbonyl (C=O) groups is 1. The molecule has 2 heterocycles. The molecule has 1 aliphatic heterocycles. The zero-order chi connectivity index (χ0) is 26.2. The number of carboxylic acid groups (broad SMARTS) is 1. The van der Waals surface area contributed by atoms with Crippen LogP contribution in [0.4, 0.5) is 4.39 Å². The molecule has 0 amide bonds. The second-order valence-electron chi connectivity index (χ2n) is 9.98. The molecule has 1 saturated heterocycles. The summed E-state index contributed by atoms with van der Waals surface area (Å²) < 4.78 is 20.9. The van der Waals surface area contributed by atoms with E-state index in [1.165, 1.54) is 10.5 Å². The second kappa shape index (κ2) is 13.2. The number of piperidine rings is 1. The van der Waals surface area contributed by atoms with Gasteiger partial charge >= 0.3 is 5.97 Å². The number of aromatic nitrogens is 1. The van der Waals surface area contributed by atoms with Gasteiger partial charge in [0.05, 0.1) is 12.6 Å². The Kier molecular flexibility index (Phi) is 9.81. The molecule has 0 spiro atoms. The van der Waals surface area contributed by atoms with Crippen LogP contribution in [0.25, 0.3) is 10.9 Å². The Hall–Kier alpha value is -2.64. The molecule has 7 heteroatoms. The van der Waals surface area contributed by atoms with Crippen molar-refractivity contribution in [2.75, 3.05) is 32.5 Å². The van der Waals surface area contributed by atoms with Crippen molar-refractivity contribution in [3.63, 3.8) is 0 Å². The standard InChI is InChI=1S/C30H37FN2O3S/c1-21-5-3-4-6-29(21)37-18-17-33-16-14-22(23(20-33)8-12-30(34)35)7-10-27(31)25-13-15-32-28-11-9-24(36-2)19-26(25)28/h3-6,9,11,13,15,19,22-23,27H,7-8,10,12,14,16-18,20H2,1-2H3,(H,34,35)/t22-,23+,27?/m1/s1. The number of ether oxygens (including phenoxy) is 1. The summed E-state index contributed by atoms with van der Waals surface area (Å²) in [6, 6.07) is 15.8. The lowest BCUT2D eigenvalue weighted by atomic mass is 9.79. The number of hydrogen-bond acceptors (Lipinski definition) is 5. The minimum atomic E-state index is -1.10. The summed E-state index contributed by atoms with van der Waals surface area (Å²) in [5.74, 6) is 1.55. The number of fused-ring (bicyclic) bond motifs is 1. The quantitative estimate of drug-likeness (QED) is 0.259. The molecule has 0 bridgehead atoms. The number of pyridine rings is 1. The number of rotatable bonds is 12. The molecule has 4 rings (SSSR count). The van der Waals surface area contributed by atoms with Crippen LogP contribution >= 0.6 is 11.8 Å². The fourth-order valence-electron chi connectivity index (χ4n) is 5.44. The van der Waals surface area contributed by atoms with Gasteiger partial charge in [0.25, 0.3) is 0 Å². The molecule has 0 saturated carbocycles. The Balaban J connectivity index is 1.35. The number of hydrogen-bond donors (Lipinski definition) is 1. The van der Waals surface area contributed by atoms with Gasteiger partial charge in [-0.2, -0.15) is 0 Å². The van der Waals surface area contributed by atoms with E-state index in [1.54, 1.807) is 19.4 Å². The van der Waals surface area contributed by atoms with Crippen LogP contribution < -0.4 is 4.74 Å². The zero-order valence-corrected chi connectivity index (χ0v) is 22.6. The smallest absolute Gasteiger partial charge is 0.303 e. The predicted molar refractivity (Wildman–Crippen MR) is 148 cm³/mol. The van der Waals surface area contributed by atoms with Crippen LogP contribution in [0, 0.1) is 18.8 Å². The first kappa shape index (κ1) is 27.4. The van der Waals surface area contributed by atoms with Crippen molar-refractivity contribution in [1.82, 2.24) is 9.88 Å². The highest BCUT2D eigenvalue weighted by Crippen LogP contribution is 2.37. The molecule has 5 nitrogen and oxygen atoms in total. The number of nitrogens with zero attached hydrogens (tertiary/aromatic N) is 2. The Morgan fingerprint density at radius 1 is 1.22 bits per heavy atom. The lowest BCUT2D eigenvalue weighted by Crippen LogP contribution is -2.41. The molecule has 3 atom stereocenters. The lowest BCUT2D eigenvalue weighted by molar-refractivity contribution is -0.137. The van der Waals surface area contributed by atoms with Crippen molar-refractivity contribution in [2.45, 2.75) is 50.1 Å². The van der Waals surface area contributed by atoms with Gasteiger partial charge in [0, 0.05) is 41.7 Å². The summed E-state index contributed by atoms with van der Waals surface area (Å²) in [5.41, 5.74) is 2.71. The molecule has 3 aromatic rings. The summed E-state index contributed by atoms with van der Waals surface area (Å²) in [5, 5.41) is 10.1. The van der Waals surface area contributed by atoms with Crippen LogP contribution in [0.15, 0.2) is 59.6 Å². The first-order valence-electron chi connectivity index (χ1n) is 13.1. The maximum Gasteiger partial charge on any atom is 0.303 e. The normalized spacial score (nSPS) is 19.1. The summed E-state index contributed by atoms with van der Waals surface area (Å²) >= 11 is 1.88. The Labute approximate surface area is 223 Å². The molecular formula is C30H37FN2O3S. The molecule has 1 aliphatic rings. The van der Waals surface area contributed by atoms with Gasteiger partial charge in [-0.1, -0.05) is 18.2 Å². The largest absolute Gasteiger partial charge is 0.497 e. The van der Waals surface area contributed by atoms with E-state index in [9.17, 15) is 9.90 Å². The van der Waals surface area contributed by atoms with E-state index in [1.807, 2.05) is 30.0 Å². The Bertz CT molecular complexity index is 1190. The number of aryl methyl sites for hydroxylation is 1. The lowest BCUT2D eigenvalue weighted by Gasteiger charge is -2.39. The van der Waals surface area contributed by atoms with Gasteiger partial charge < -0.3 is 14.7 Å². The molecular weight excluding hydrogens is 487 g/mol. The van der Waals surface area contributed by atoms with E-state index >= 15 is 4.39 Å². The van der Waals surface area contributed by atoms with Crippen molar-refractivity contribution in [3.8, 4) is 5.75 Å². The number of methoxy groups -OCH3 is 1. The summed E-state index contributed by atoms with van der Waals surface area (Å²) in [7, 11) is 1.61. The van der Waals surface area contributed by atoms with Crippen LogP contribution in [-0.2, 0) is 4.79 Å². The number of halogens is 1.